The molecule has 6 rings (SSSR count). The molecule has 0 spiro atoms. The van der Waals surface area contributed by atoms with Crippen LogP contribution in [-0.4, -0.2) is 36.5 Å². The van der Waals surface area contributed by atoms with Gasteiger partial charge in [0.15, 0.2) is 0 Å². The van der Waals surface area contributed by atoms with Gasteiger partial charge in [-0.15, -0.1) is 0 Å². The Morgan fingerprint density at radius 3 is 2.40 bits per heavy atom. The van der Waals surface area contributed by atoms with E-state index in [0.29, 0.717) is 41.3 Å². The van der Waals surface area contributed by atoms with Crippen LogP contribution in [0.2, 0.25) is 0 Å². The van der Waals surface area contributed by atoms with E-state index < -0.39 is 12.0 Å². The van der Waals surface area contributed by atoms with Crippen molar-refractivity contribution in [3.63, 3.8) is 0 Å². The highest BCUT2D eigenvalue weighted by Gasteiger charge is 2.54. The standard InChI is InChI=1S/C28H37N3O4/c1-4-5-9-31-17(2)23(25(32)35-3)24(30-27(31)34)21-7-6-8-22(13-21)29-26(33)28-14-18-10-19(15-28)12-20(11-18)16-28/h6-8,13,18-20,24H,4-5,9-12,14-16H2,1-3H3,(H,29,33)(H,30,34). The van der Waals surface area contributed by atoms with Crippen LogP contribution in [0.3, 0.4) is 0 Å². The van der Waals surface area contributed by atoms with Crippen LogP contribution in [0, 0.1) is 23.2 Å². The van der Waals surface area contributed by atoms with Gasteiger partial charge in [-0.3, -0.25) is 9.69 Å². The molecule has 7 nitrogen and oxygen atoms in total. The Morgan fingerprint density at radius 1 is 1.14 bits per heavy atom. The zero-order valence-corrected chi connectivity index (χ0v) is 21.1. The molecule has 1 heterocycles. The lowest BCUT2D eigenvalue weighted by Gasteiger charge is -2.55. The van der Waals surface area contributed by atoms with E-state index in [9.17, 15) is 14.4 Å². The van der Waals surface area contributed by atoms with E-state index in [1.807, 2.05) is 24.3 Å². The molecule has 0 radical (unpaired) electrons. The SMILES string of the molecule is CCCCN1C(=O)NC(c2cccc(NC(=O)C34CC5CC(CC(C5)C3)C4)c2)C(C(=O)OC)=C1C. The fraction of sp³-hybridized carbons (Fsp3) is 0.607. The molecule has 1 aromatic rings. The van der Waals surface area contributed by atoms with Crippen molar-refractivity contribution in [1.82, 2.24) is 10.2 Å². The highest BCUT2D eigenvalue weighted by Crippen LogP contribution is 2.60. The van der Waals surface area contributed by atoms with Crippen molar-refractivity contribution < 1.29 is 19.1 Å². The average Bonchev–Trinajstić information content (AvgIpc) is 2.82. The minimum Gasteiger partial charge on any atom is -0.466 e. The minimum atomic E-state index is -0.635. The first-order valence-corrected chi connectivity index (χ1v) is 13.1. The lowest BCUT2D eigenvalue weighted by molar-refractivity contribution is -0.140. The van der Waals surface area contributed by atoms with Crippen LogP contribution < -0.4 is 10.6 Å². The van der Waals surface area contributed by atoms with Gasteiger partial charge in [-0.05, 0) is 87.3 Å². The highest BCUT2D eigenvalue weighted by molar-refractivity contribution is 5.97. The van der Waals surface area contributed by atoms with Gasteiger partial charge in [0.25, 0.3) is 0 Å². The molecule has 4 fully saturated rings. The van der Waals surface area contributed by atoms with Gasteiger partial charge < -0.3 is 15.4 Å². The summed E-state index contributed by atoms with van der Waals surface area (Å²) >= 11 is 0. The van der Waals surface area contributed by atoms with Crippen LogP contribution in [0.4, 0.5) is 10.5 Å². The predicted molar refractivity (Wildman–Crippen MR) is 133 cm³/mol. The zero-order chi connectivity index (χ0) is 24.7. The number of methoxy groups -OCH3 is 1. The van der Waals surface area contributed by atoms with Crippen molar-refractivity contribution in [2.75, 3.05) is 19.0 Å². The second kappa shape index (κ2) is 9.32. The molecule has 1 aromatic carbocycles. The Labute approximate surface area is 207 Å². The first-order valence-electron chi connectivity index (χ1n) is 13.1. The van der Waals surface area contributed by atoms with E-state index in [1.165, 1.54) is 26.4 Å². The van der Waals surface area contributed by atoms with Gasteiger partial charge in [0.05, 0.1) is 24.1 Å². The van der Waals surface area contributed by atoms with Crippen molar-refractivity contribution in [2.45, 2.75) is 71.3 Å². The molecule has 35 heavy (non-hydrogen) atoms. The number of anilines is 1. The Balaban J connectivity index is 1.40. The third kappa shape index (κ3) is 4.34. The van der Waals surface area contributed by atoms with Gasteiger partial charge in [0.2, 0.25) is 5.91 Å². The van der Waals surface area contributed by atoms with E-state index in [2.05, 4.69) is 17.6 Å². The number of amides is 3. The van der Waals surface area contributed by atoms with Crippen molar-refractivity contribution in [3.8, 4) is 0 Å². The molecule has 188 valence electrons. The maximum Gasteiger partial charge on any atom is 0.337 e. The van der Waals surface area contributed by atoms with Crippen LogP contribution in [-0.2, 0) is 14.3 Å². The number of urea groups is 1. The summed E-state index contributed by atoms with van der Waals surface area (Å²) < 4.78 is 5.09. The second-order valence-corrected chi connectivity index (χ2v) is 11.2. The molecular weight excluding hydrogens is 442 g/mol. The van der Waals surface area contributed by atoms with Gasteiger partial charge >= 0.3 is 12.0 Å². The van der Waals surface area contributed by atoms with E-state index >= 15 is 0 Å². The number of nitrogens with one attached hydrogen (secondary N) is 2. The first-order chi connectivity index (χ1) is 16.8. The molecule has 4 aliphatic carbocycles. The van der Waals surface area contributed by atoms with Crippen LogP contribution in [0.1, 0.15) is 76.8 Å². The van der Waals surface area contributed by atoms with E-state index in [0.717, 1.165) is 37.7 Å². The van der Waals surface area contributed by atoms with E-state index in [-0.39, 0.29) is 17.4 Å². The van der Waals surface area contributed by atoms with E-state index in [1.54, 1.807) is 11.8 Å². The molecule has 5 aliphatic rings. The lowest BCUT2D eigenvalue weighted by Crippen LogP contribution is -2.51. The summed E-state index contributed by atoms with van der Waals surface area (Å²) in [5.41, 5.74) is 2.25. The number of benzene rings is 1. The maximum absolute atomic E-state index is 13.5. The fourth-order valence-corrected chi connectivity index (χ4v) is 7.44. The maximum atomic E-state index is 13.5. The summed E-state index contributed by atoms with van der Waals surface area (Å²) in [5.74, 6) is 1.76. The molecule has 3 amide bonds. The predicted octanol–water partition coefficient (Wildman–Crippen LogP) is 5.15. The van der Waals surface area contributed by atoms with Gasteiger partial charge in [-0.1, -0.05) is 25.5 Å². The zero-order valence-electron chi connectivity index (χ0n) is 21.1. The van der Waals surface area contributed by atoms with Crippen LogP contribution in [0.25, 0.3) is 0 Å². The first kappa shape index (κ1) is 23.9. The Bertz CT molecular complexity index is 1030. The van der Waals surface area contributed by atoms with E-state index in [4.69, 9.17) is 4.74 Å². The third-order valence-electron chi connectivity index (χ3n) is 8.73. The monoisotopic (exact) mass is 479 g/mol. The molecule has 4 saturated carbocycles. The van der Waals surface area contributed by atoms with Crippen LogP contribution in [0.5, 0.6) is 0 Å². The van der Waals surface area contributed by atoms with Crippen LogP contribution >= 0.6 is 0 Å². The highest BCUT2D eigenvalue weighted by atomic mass is 16.5. The van der Waals surface area contributed by atoms with Gasteiger partial charge in [-0.25, -0.2) is 9.59 Å². The number of hydrogen-bond acceptors (Lipinski definition) is 4. The third-order valence-corrected chi connectivity index (χ3v) is 8.73. The normalized spacial score (nSPS) is 31.4. The summed E-state index contributed by atoms with van der Waals surface area (Å²) in [5, 5.41) is 6.19. The van der Waals surface area contributed by atoms with Gasteiger partial charge in [-0.2, -0.15) is 0 Å². The number of rotatable bonds is 7. The number of carbonyl (C=O) groups is 3. The van der Waals surface area contributed by atoms with Crippen LogP contribution in [0.15, 0.2) is 35.5 Å². The number of ether oxygens (including phenoxy) is 1. The van der Waals surface area contributed by atoms with Gasteiger partial charge in [0.1, 0.15) is 0 Å². The molecule has 2 N–H and O–H groups in total. The molecule has 1 aliphatic heterocycles. The summed E-state index contributed by atoms with van der Waals surface area (Å²) in [6, 6.07) is 6.64. The summed E-state index contributed by atoms with van der Waals surface area (Å²) in [4.78, 5) is 40.9. The molecule has 0 aromatic heterocycles. The Hall–Kier alpha value is -2.83. The summed E-state index contributed by atoms with van der Waals surface area (Å²) in [7, 11) is 1.36. The Morgan fingerprint density at radius 2 is 1.80 bits per heavy atom. The largest absolute Gasteiger partial charge is 0.466 e. The number of esters is 1. The van der Waals surface area contributed by atoms with Crippen molar-refractivity contribution >= 4 is 23.6 Å². The topological polar surface area (TPSA) is 87.7 Å². The number of nitrogens with zero attached hydrogens (tertiary/aromatic N) is 1. The Kier molecular flexibility index (Phi) is 6.36. The van der Waals surface area contributed by atoms with Crippen molar-refractivity contribution in [1.29, 1.82) is 0 Å². The lowest BCUT2D eigenvalue weighted by atomic mass is 9.49. The minimum absolute atomic E-state index is 0.132. The number of carbonyl (C=O) groups excluding carboxylic acids is 3. The summed E-state index contributed by atoms with van der Waals surface area (Å²) in [6.07, 6.45) is 8.68. The summed E-state index contributed by atoms with van der Waals surface area (Å²) in [6.45, 7) is 4.41. The fourth-order valence-electron chi connectivity index (χ4n) is 7.44. The molecule has 1 unspecified atom stereocenters. The molecular formula is C28H37N3O4. The number of unbranched alkanes of at least 4 members (excludes halogenated alkanes) is 1. The van der Waals surface area contributed by atoms with Crippen molar-refractivity contribution in [2.24, 2.45) is 23.2 Å². The quantitative estimate of drug-likeness (QED) is 0.529. The van der Waals surface area contributed by atoms with Gasteiger partial charge in [0, 0.05) is 17.9 Å². The number of hydrogen-bond donors (Lipinski definition) is 2. The molecule has 7 heteroatoms. The molecule has 4 bridgehead atoms. The second-order valence-electron chi connectivity index (χ2n) is 11.2. The average molecular weight is 480 g/mol. The number of allylic oxidation sites excluding steroid dienone is 1. The van der Waals surface area contributed by atoms with Crippen molar-refractivity contribution in [3.05, 3.63) is 41.1 Å². The molecule has 0 saturated heterocycles. The molecule has 1 atom stereocenters. The smallest absolute Gasteiger partial charge is 0.337 e.